The summed E-state index contributed by atoms with van der Waals surface area (Å²) < 4.78 is 19.7. The van der Waals surface area contributed by atoms with E-state index in [-0.39, 0.29) is 18.0 Å². The van der Waals surface area contributed by atoms with Gasteiger partial charge in [-0.1, -0.05) is 6.58 Å². The maximum atomic E-state index is 14.1. The van der Waals surface area contributed by atoms with Crippen molar-refractivity contribution in [3.8, 4) is 11.4 Å². The van der Waals surface area contributed by atoms with Crippen molar-refractivity contribution in [3.05, 3.63) is 79.3 Å². The van der Waals surface area contributed by atoms with E-state index < -0.39 is 5.82 Å². The van der Waals surface area contributed by atoms with Gasteiger partial charge in [-0.25, -0.2) is 14.4 Å². The molecule has 4 aromatic rings. The molecule has 1 saturated heterocycles. The van der Waals surface area contributed by atoms with Crippen LogP contribution in [0.15, 0.2) is 73.4 Å². The van der Waals surface area contributed by atoms with Gasteiger partial charge in [-0.05, 0) is 54.6 Å². The molecule has 3 heterocycles. The number of fused-ring (bicyclic) bond motifs is 1. The third-order valence-electron chi connectivity index (χ3n) is 6.00. The van der Waals surface area contributed by atoms with Crippen LogP contribution in [0.1, 0.15) is 0 Å². The first-order valence-corrected chi connectivity index (χ1v) is 11.8. The van der Waals surface area contributed by atoms with Gasteiger partial charge in [0.15, 0.2) is 0 Å². The maximum absolute atomic E-state index is 14.1. The number of hydrogen-bond donors (Lipinski definition) is 3. The lowest BCUT2D eigenvalue weighted by Gasteiger charge is -2.34. The van der Waals surface area contributed by atoms with Gasteiger partial charge in [-0.2, -0.15) is 0 Å². The number of amides is 1. The van der Waals surface area contributed by atoms with Crippen molar-refractivity contribution < 1.29 is 13.9 Å². The Labute approximate surface area is 213 Å². The SMILES string of the molecule is C=CC(=O)Nc1ccnc(-c2nc(Nc3ccc(N4CCO[C@@H](CN)C4)cc3)nc3cc(F)ccc23)c1. The number of nitrogens with zero attached hydrogens (tertiary/aromatic N) is 4. The highest BCUT2D eigenvalue weighted by molar-refractivity contribution is 5.99. The molecular weight excluding hydrogens is 473 g/mol. The molecule has 188 valence electrons. The fourth-order valence-corrected chi connectivity index (χ4v) is 4.17. The number of morpholine rings is 1. The minimum absolute atomic E-state index is 0.0218. The second-order valence-corrected chi connectivity index (χ2v) is 8.53. The Morgan fingerprint density at radius 2 is 2.00 bits per heavy atom. The van der Waals surface area contributed by atoms with E-state index in [0.29, 0.717) is 41.1 Å². The van der Waals surface area contributed by atoms with E-state index in [1.165, 1.54) is 18.2 Å². The van der Waals surface area contributed by atoms with Crippen molar-refractivity contribution in [1.82, 2.24) is 15.0 Å². The van der Waals surface area contributed by atoms with Crippen LogP contribution in [0.3, 0.4) is 0 Å². The van der Waals surface area contributed by atoms with Crippen LogP contribution in [0.4, 0.5) is 27.4 Å². The van der Waals surface area contributed by atoms with Gasteiger partial charge in [0.1, 0.15) is 11.5 Å². The van der Waals surface area contributed by atoms with Crippen molar-refractivity contribution in [2.75, 3.05) is 41.8 Å². The normalized spacial score (nSPS) is 15.4. The van der Waals surface area contributed by atoms with E-state index in [9.17, 15) is 9.18 Å². The highest BCUT2D eigenvalue weighted by Crippen LogP contribution is 2.29. The van der Waals surface area contributed by atoms with Crippen molar-refractivity contribution in [2.45, 2.75) is 6.10 Å². The van der Waals surface area contributed by atoms with Gasteiger partial charge in [-0.15, -0.1) is 0 Å². The van der Waals surface area contributed by atoms with Crippen molar-refractivity contribution in [2.24, 2.45) is 5.73 Å². The molecular formula is C27H26FN7O2. The molecule has 1 fully saturated rings. The van der Waals surface area contributed by atoms with E-state index in [1.807, 2.05) is 24.3 Å². The summed E-state index contributed by atoms with van der Waals surface area (Å²) >= 11 is 0. The van der Waals surface area contributed by atoms with Crippen LogP contribution in [0, 0.1) is 5.82 Å². The molecule has 0 radical (unpaired) electrons. The second kappa shape index (κ2) is 10.7. The maximum Gasteiger partial charge on any atom is 0.247 e. The van der Waals surface area contributed by atoms with Crippen LogP contribution in [-0.4, -0.2) is 53.2 Å². The van der Waals surface area contributed by atoms with Crippen LogP contribution in [0.25, 0.3) is 22.3 Å². The molecule has 1 aliphatic heterocycles. The molecule has 0 bridgehead atoms. The zero-order valence-corrected chi connectivity index (χ0v) is 20.0. The second-order valence-electron chi connectivity index (χ2n) is 8.53. The van der Waals surface area contributed by atoms with Crippen molar-refractivity contribution >= 4 is 39.8 Å². The highest BCUT2D eigenvalue weighted by atomic mass is 19.1. The number of anilines is 4. The molecule has 1 amide bonds. The number of hydrogen-bond acceptors (Lipinski definition) is 8. The van der Waals surface area contributed by atoms with E-state index in [0.717, 1.165) is 24.5 Å². The van der Waals surface area contributed by atoms with Gasteiger partial charge < -0.3 is 26.0 Å². The van der Waals surface area contributed by atoms with Crippen LogP contribution in [0.5, 0.6) is 0 Å². The summed E-state index contributed by atoms with van der Waals surface area (Å²) in [5.41, 5.74) is 9.57. The topological polar surface area (TPSA) is 118 Å². The van der Waals surface area contributed by atoms with Gasteiger partial charge in [-0.3, -0.25) is 9.78 Å². The van der Waals surface area contributed by atoms with Gasteiger partial charge in [0, 0.05) is 54.3 Å². The molecule has 1 atom stereocenters. The lowest BCUT2D eigenvalue weighted by Crippen LogP contribution is -2.45. The Morgan fingerprint density at radius 3 is 2.78 bits per heavy atom. The van der Waals surface area contributed by atoms with E-state index in [2.05, 4.69) is 37.1 Å². The molecule has 10 heteroatoms. The lowest BCUT2D eigenvalue weighted by molar-refractivity contribution is -0.111. The molecule has 0 unspecified atom stereocenters. The van der Waals surface area contributed by atoms with Gasteiger partial charge in [0.05, 0.1) is 23.9 Å². The van der Waals surface area contributed by atoms with Gasteiger partial charge in [0.2, 0.25) is 11.9 Å². The fourth-order valence-electron chi connectivity index (χ4n) is 4.17. The van der Waals surface area contributed by atoms with Crippen LogP contribution in [-0.2, 0) is 9.53 Å². The van der Waals surface area contributed by atoms with Gasteiger partial charge in [0.25, 0.3) is 0 Å². The smallest absolute Gasteiger partial charge is 0.247 e. The number of carbonyl (C=O) groups excluding carboxylic acids is 1. The summed E-state index contributed by atoms with van der Waals surface area (Å²) in [6.45, 7) is 6.13. The minimum atomic E-state index is -0.409. The number of rotatable bonds is 7. The Balaban J connectivity index is 1.45. The first-order valence-electron chi connectivity index (χ1n) is 11.8. The summed E-state index contributed by atoms with van der Waals surface area (Å²) in [6, 6.07) is 15.6. The van der Waals surface area contributed by atoms with Gasteiger partial charge >= 0.3 is 0 Å². The van der Waals surface area contributed by atoms with E-state index in [4.69, 9.17) is 10.5 Å². The van der Waals surface area contributed by atoms with Crippen LogP contribution >= 0.6 is 0 Å². The molecule has 1 aliphatic rings. The number of aromatic nitrogens is 3. The first kappa shape index (κ1) is 24.3. The number of nitrogens with one attached hydrogen (secondary N) is 2. The monoisotopic (exact) mass is 499 g/mol. The van der Waals surface area contributed by atoms with E-state index in [1.54, 1.807) is 24.4 Å². The number of halogens is 1. The minimum Gasteiger partial charge on any atom is -0.373 e. The summed E-state index contributed by atoms with van der Waals surface area (Å²) in [7, 11) is 0. The Kier molecular flexibility index (Phi) is 7.02. The van der Waals surface area contributed by atoms with Crippen molar-refractivity contribution in [3.63, 3.8) is 0 Å². The molecule has 2 aromatic carbocycles. The summed E-state index contributed by atoms with van der Waals surface area (Å²) in [5.74, 6) is -0.459. The number of benzene rings is 2. The molecule has 9 nitrogen and oxygen atoms in total. The summed E-state index contributed by atoms with van der Waals surface area (Å²) in [6.07, 6.45) is 2.78. The summed E-state index contributed by atoms with van der Waals surface area (Å²) in [4.78, 5) is 27.6. The standard InChI is InChI=1S/C27H26FN7O2/c1-2-25(36)31-19-9-10-30-24(14-19)26-22-8-3-17(28)13-23(22)33-27(34-26)32-18-4-6-20(7-5-18)35-11-12-37-21(15-29)16-35/h2-10,13-14,21H,1,11-12,15-16,29H2,(H,30,31,36)(H,32,33,34)/t21-/m0/s1. The average molecular weight is 500 g/mol. The third kappa shape index (κ3) is 5.55. The van der Waals surface area contributed by atoms with Crippen molar-refractivity contribution in [1.29, 1.82) is 0 Å². The lowest BCUT2D eigenvalue weighted by atomic mass is 10.1. The number of carbonyl (C=O) groups is 1. The predicted octanol–water partition coefficient (Wildman–Crippen LogP) is 3.86. The number of pyridine rings is 1. The molecule has 37 heavy (non-hydrogen) atoms. The quantitative estimate of drug-likeness (QED) is 0.328. The molecule has 4 N–H and O–H groups in total. The molecule has 0 saturated carbocycles. The average Bonchev–Trinajstić information content (AvgIpc) is 2.93. The zero-order chi connectivity index (χ0) is 25.8. The fraction of sp³-hybridized carbons (Fsp3) is 0.185. The predicted molar refractivity (Wildman–Crippen MR) is 142 cm³/mol. The molecule has 5 rings (SSSR count). The third-order valence-corrected chi connectivity index (χ3v) is 6.00. The molecule has 0 aliphatic carbocycles. The number of nitrogens with two attached hydrogens (primary N) is 1. The van der Waals surface area contributed by atoms with E-state index >= 15 is 0 Å². The zero-order valence-electron chi connectivity index (χ0n) is 20.0. The Morgan fingerprint density at radius 1 is 1.16 bits per heavy atom. The number of ether oxygens (including phenoxy) is 1. The first-order chi connectivity index (χ1) is 18.0. The highest BCUT2D eigenvalue weighted by Gasteiger charge is 2.19. The summed E-state index contributed by atoms with van der Waals surface area (Å²) in [5, 5.41) is 6.56. The van der Waals surface area contributed by atoms with Crippen LogP contribution in [0.2, 0.25) is 0 Å². The largest absolute Gasteiger partial charge is 0.373 e. The molecule has 2 aromatic heterocycles. The Bertz CT molecular complexity index is 1440. The Hall–Kier alpha value is -4.41. The molecule has 0 spiro atoms. The van der Waals surface area contributed by atoms with Crippen LogP contribution < -0.4 is 21.3 Å².